The van der Waals surface area contributed by atoms with Gasteiger partial charge in [-0.05, 0) is 70.4 Å². The van der Waals surface area contributed by atoms with Crippen LogP contribution in [0.1, 0.15) is 61.6 Å². The number of aliphatic hydroxyl groups excluding tert-OH is 1. The van der Waals surface area contributed by atoms with E-state index in [1.807, 2.05) is 61.0 Å². The number of allylic oxidation sites excluding steroid dienone is 1. The molecule has 0 bridgehead atoms. The van der Waals surface area contributed by atoms with E-state index in [1.165, 1.54) is 21.6 Å². The first-order valence-electron chi connectivity index (χ1n) is 23.5. The number of benzene rings is 4. The third-order valence-electron chi connectivity index (χ3n) is 11.8. The first kappa shape index (κ1) is 52.1. The molecule has 1 aliphatic rings. The lowest BCUT2D eigenvalue weighted by atomic mass is 9.88. The van der Waals surface area contributed by atoms with Crippen LogP contribution in [0.4, 0.5) is 0 Å². The highest BCUT2D eigenvalue weighted by Gasteiger charge is 2.42. The zero-order valence-corrected chi connectivity index (χ0v) is 41.0. The second kappa shape index (κ2) is 26.5. The van der Waals surface area contributed by atoms with Gasteiger partial charge in [0.1, 0.15) is 37.7 Å². The molecular formula is C54H65N5O9S. The van der Waals surface area contributed by atoms with Crippen LogP contribution in [0, 0.1) is 12.8 Å². The summed E-state index contributed by atoms with van der Waals surface area (Å²) in [6.07, 6.45) is 0.101. The topological polar surface area (TPSA) is 169 Å². The minimum Gasteiger partial charge on any atom is -0.492 e. The first-order valence-corrected chi connectivity index (χ1v) is 24.4. The van der Waals surface area contributed by atoms with Gasteiger partial charge in [-0.2, -0.15) is 0 Å². The van der Waals surface area contributed by atoms with E-state index in [1.54, 1.807) is 37.1 Å². The smallest absolute Gasteiger partial charge is 0.248 e. The van der Waals surface area contributed by atoms with Gasteiger partial charge < -0.3 is 44.5 Å². The number of rotatable bonds is 25. The number of aromatic nitrogens is 1. The zero-order chi connectivity index (χ0) is 49.1. The van der Waals surface area contributed by atoms with Crippen LogP contribution in [0.5, 0.6) is 5.75 Å². The number of aliphatic hydroxyl groups is 1. The molecule has 15 heteroatoms. The predicted octanol–water partition coefficient (Wildman–Crippen LogP) is 6.79. The Kier molecular flexibility index (Phi) is 20.0. The van der Waals surface area contributed by atoms with Crippen molar-refractivity contribution in [1.29, 1.82) is 0 Å². The molecule has 0 radical (unpaired) electrons. The second-order valence-electron chi connectivity index (χ2n) is 17.2. The minimum absolute atomic E-state index is 0.0162. The molecule has 5 aromatic rings. The van der Waals surface area contributed by atoms with Crippen LogP contribution in [0.3, 0.4) is 0 Å². The van der Waals surface area contributed by atoms with E-state index in [0.717, 1.165) is 39.2 Å². The number of nitrogens with zero attached hydrogens (tertiary/aromatic N) is 3. The summed E-state index contributed by atoms with van der Waals surface area (Å²) in [4.78, 5) is 61.0. The van der Waals surface area contributed by atoms with Crippen LogP contribution in [-0.2, 0) is 39.9 Å². The molecule has 4 aromatic carbocycles. The van der Waals surface area contributed by atoms with Crippen molar-refractivity contribution in [3.8, 4) is 16.2 Å². The summed E-state index contributed by atoms with van der Waals surface area (Å²) in [5, 5.41) is 16.1. The molecule has 1 aliphatic heterocycles. The Hall–Kier alpha value is -6.23. The molecule has 0 aliphatic carbocycles. The number of ether oxygens (including phenoxy) is 4. The maximum Gasteiger partial charge on any atom is 0.248 e. The van der Waals surface area contributed by atoms with E-state index in [4.69, 9.17) is 18.9 Å². The predicted molar refractivity (Wildman–Crippen MR) is 268 cm³/mol. The lowest BCUT2D eigenvalue weighted by Gasteiger charge is -2.30. The normalized spacial score (nSPS) is 15.4. The second-order valence-corrected chi connectivity index (χ2v) is 18.1. The van der Waals surface area contributed by atoms with Crippen LogP contribution in [0.2, 0.25) is 0 Å². The molecule has 1 saturated heterocycles. The average Bonchev–Trinajstić information content (AvgIpc) is 3.99. The van der Waals surface area contributed by atoms with Crippen molar-refractivity contribution in [1.82, 2.24) is 25.4 Å². The fourth-order valence-corrected chi connectivity index (χ4v) is 8.88. The van der Waals surface area contributed by atoms with Crippen molar-refractivity contribution >= 4 is 46.1 Å². The van der Waals surface area contributed by atoms with Gasteiger partial charge in [-0.15, -0.1) is 11.3 Å². The third kappa shape index (κ3) is 15.1. The van der Waals surface area contributed by atoms with Gasteiger partial charge in [0, 0.05) is 26.6 Å². The minimum atomic E-state index is -0.929. The maximum absolute atomic E-state index is 13.7. The molecule has 1 aromatic heterocycles. The van der Waals surface area contributed by atoms with Gasteiger partial charge in [0.25, 0.3) is 0 Å². The monoisotopic (exact) mass is 959 g/mol. The van der Waals surface area contributed by atoms with Crippen LogP contribution >= 0.6 is 11.3 Å². The zero-order valence-electron chi connectivity index (χ0n) is 40.2. The van der Waals surface area contributed by atoms with Gasteiger partial charge in [0.15, 0.2) is 0 Å². The van der Waals surface area contributed by atoms with Crippen LogP contribution in [-0.4, -0.2) is 128 Å². The van der Waals surface area contributed by atoms with E-state index in [9.17, 15) is 24.3 Å². The highest BCUT2D eigenvalue weighted by Crippen LogP contribution is 2.35. The summed E-state index contributed by atoms with van der Waals surface area (Å²) in [5.41, 5.74) is 10.6. The number of carbonyl (C=O) groups is 4. The molecule has 69 heavy (non-hydrogen) atoms. The summed E-state index contributed by atoms with van der Waals surface area (Å²) in [5.74, 6) is -1.09. The highest BCUT2D eigenvalue weighted by molar-refractivity contribution is 7.13. The molecule has 0 saturated carbocycles. The molecule has 0 unspecified atom stereocenters. The molecule has 3 atom stereocenters. The first-order chi connectivity index (χ1) is 33.4. The van der Waals surface area contributed by atoms with Gasteiger partial charge in [0.2, 0.25) is 23.6 Å². The number of hydrogen-bond acceptors (Lipinski definition) is 11. The van der Waals surface area contributed by atoms with Gasteiger partial charge in [0.05, 0.1) is 55.2 Å². The number of carbonyl (C=O) groups excluding carboxylic acids is 4. The van der Waals surface area contributed by atoms with Crippen molar-refractivity contribution in [2.45, 2.75) is 65.3 Å². The van der Waals surface area contributed by atoms with Crippen molar-refractivity contribution in [2.75, 3.05) is 66.4 Å². The van der Waals surface area contributed by atoms with E-state index >= 15 is 0 Å². The Morgan fingerprint density at radius 3 is 2.06 bits per heavy atom. The summed E-state index contributed by atoms with van der Waals surface area (Å²) >= 11 is 1.57. The Balaban J connectivity index is 0.837. The van der Waals surface area contributed by atoms with E-state index < -0.39 is 30.0 Å². The molecule has 0 spiro atoms. The SMILES string of the molecule is CC/C(=C(\c1ccccc1)c1ccc(OCCN(C)C(=O)COCCOCCOCC(=O)N[C@H](C(=O)N2C[C@H](O)C[C@H]2C(=O)NCc2ccc(-c3scnc3C)cc2)C(C)C)cc1)c1ccccc1. The largest absolute Gasteiger partial charge is 0.492 e. The number of likely N-dealkylation sites (tertiary alicyclic amines) is 1. The van der Waals surface area contributed by atoms with Crippen LogP contribution in [0.25, 0.3) is 21.6 Å². The number of β-amino-alcohol motifs (C(OH)–C–C–N with tert-alkyl or cyclic N) is 1. The number of hydrogen-bond donors (Lipinski definition) is 3. The molecule has 14 nitrogen and oxygen atoms in total. The molecule has 3 N–H and O–H groups in total. The molecule has 2 heterocycles. The number of nitrogens with one attached hydrogen (secondary N) is 2. The fraction of sp³-hybridized carbons (Fsp3) is 0.389. The molecule has 4 amide bonds. The number of aryl methyl sites for hydroxylation is 1. The molecule has 1 fully saturated rings. The lowest BCUT2D eigenvalue weighted by molar-refractivity contribution is -0.143. The highest BCUT2D eigenvalue weighted by atomic mass is 32.1. The molecule has 366 valence electrons. The fourth-order valence-electron chi connectivity index (χ4n) is 8.07. The van der Waals surface area contributed by atoms with E-state index in [0.29, 0.717) is 18.9 Å². The third-order valence-corrected chi connectivity index (χ3v) is 12.8. The van der Waals surface area contributed by atoms with Crippen LogP contribution < -0.4 is 15.4 Å². The summed E-state index contributed by atoms with van der Waals surface area (Å²) in [6, 6.07) is 35.0. The van der Waals surface area contributed by atoms with Crippen molar-refractivity contribution in [3.05, 3.63) is 143 Å². The van der Waals surface area contributed by atoms with E-state index in [-0.39, 0.29) is 76.9 Å². The van der Waals surface area contributed by atoms with Gasteiger partial charge >= 0.3 is 0 Å². The quantitative estimate of drug-likeness (QED) is 0.0419. The summed E-state index contributed by atoms with van der Waals surface area (Å²) < 4.78 is 22.6. The Bertz CT molecular complexity index is 2450. The number of amides is 4. The van der Waals surface area contributed by atoms with Gasteiger partial charge in [-0.3, -0.25) is 19.2 Å². The van der Waals surface area contributed by atoms with Crippen LogP contribution in [0.15, 0.2) is 115 Å². The lowest BCUT2D eigenvalue weighted by Crippen LogP contribution is -2.55. The standard InChI is InChI=1S/C54H65N5O9S/c1-6-46(40-13-9-7-10-14-40)50(41-15-11-8-12-16-41)42-21-23-45(24-22-42)68-26-25-58(5)49(62)35-67-30-28-65-27-29-66-34-48(61)57-51(37(2)3)54(64)59-33-44(60)31-47(59)53(63)55-32-39-17-19-43(20-18-39)52-38(4)56-36-69-52/h7-24,36-37,44,47,51,60H,6,25-35H2,1-5H3,(H,55,63)(H,57,61)/b50-46-/t44-,47+,51+/m1/s1. The van der Waals surface area contributed by atoms with Crippen molar-refractivity contribution < 1.29 is 43.2 Å². The molecular weight excluding hydrogens is 895 g/mol. The average molecular weight is 960 g/mol. The number of likely N-dealkylation sites (N-methyl/N-ethyl adjacent to an activating group) is 1. The Morgan fingerprint density at radius 1 is 0.812 bits per heavy atom. The van der Waals surface area contributed by atoms with Crippen molar-refractivity contribution in [3.63, 3.8) is 0 Å². The van der Waals surface area contributed by atoms with Gasteiger partial charge in [-0.1, -0.05) is 118 Å². The summed E-state index contributed by atoms with van der Waals surface area (Å²) in [7, 11) is 1.70. The Labute approximate surface area is 409 Å². The molecule has 6 rings (SSSR count). The Morgan fingerprint density at radius 2 is 1.43 bits per heavy atom. The van der Waals surface area contributed by atoms with E-state index in [2.05, 4.69) is 83.2 Å². The maximum atomic E-state index is 13.7. The summed E-state index contributed by atoms with van der Waals surface area (Å²) in [6.45, 7) is 8.97. The van der Waals surface area contributed by atoms with Crippen molar-refractivity contribution in [2.24, 2.45) is 5.92 Å². The number of thiazole rings is 1. The van der Waals surface area contributed by atoms with Gasteiger partial charge in [-0.25, -0.2) is 4.98 Å².